The number of anilines is 1. The molecule has 3 rings (SSSR count). The Balaban J connectivity index is 1.78. The Hall–Kier alpha value is -2.12. The van der Waals surface area contributed by atoms with E-state index in [2.05, 4.69) is 168 Å². The Labute approximate surface area is 247 Å². The van der Waals surface area contributed by atoms with Crippen LogP contribution in [0.2, 0.25) is 58.9 Å². The van der Waals surface area contributed by atoms with Crippen LogP contribution in [0.15, 0.2) is 73.1 Å². The van der Waals surface area contributed by atoms with Gasteiger partial charge in [0, 0.05) is 42.7 Å². The lowest BCUT2D eigenvalue weighted by Crippen LogP contribution is -2.67. The summed E-state index contributed by atoms with van der Waals surface area (Å²) < 4.78 is 22.9. The van der Waals surface area contributed by atoms with Crippen molar-refractivity contribution in [3.63, 3.8) is 0 Å². The van der Waals surface area contributed by atoms with E-state index >= 15 is 0 Å². The molecule has 0 unspecified atom stereocenters. The molecule has 0 amide bonds. The molecule has 0 aliphatic rings. The zero-order valence-corrected chi connectivity index (χ0v) is 30.4. The van der Waals surface area contributed by atoms with Gasteiger partial charge in [-0.2, -0.15) is 0 Å². The summed E-state index contributed by atoms with van der Waals surface area (Å²) in [7, 11) is -4.80. The van der Waals surface area contributed by atoms with Crippen molar-refractivity contribution in [1.29, 1.82) is 0 Å². The van der Waals surface area contributed by atoms with Crippen LogP contribution in [0.1, 0.15) is 16.7 Å². The summed E-state index contributed by atoms with van der Waals surface area (Å²) in [6.07, 6.45) is 8.59. The summed E-state index contributed by atoms with van der Waals surface area (Å²) in [5.41, 5.74) is 4.80. The van der Waals surface area contributed by atoms with E-state index in [1.807, 2.05) is 0 Å². The summed E-state index contributed by atoms with van der Waals surface area (Å²) in [6.45, 7) is 20.8. The van der Waals surface area contributed by atoms with Gasteiger partial charge in [-0.3, -0.25) is 0 Å². The minimum Gasteiger partial charge on any atom is -0.414 e. The molecular formula is C31H49N2O3Si4+. The van der Waals surface area contributed by atoms with Crippen molar-refractivity contribution < 1.29 is 16.9 Å². The lowest BCUT2D eigenvalue weighted by atomic mass is 10.1. The van der Waals surface area contributed by atoms with Gasteiger partial charge in [0.05, 0.1) is 0 Å². The van der Waals surface area contributed by atoms with Crippen LogP contribution in [0.25, 0.3) is 12.2 Å². The van der Waals surface area contributed by atoms with E-state index in [9.17, 15) is 0 Å². The summed E-state index contributed by atoms with van der Waals surface area (Å²) in [5.74, 6) is 0. The molecule has 0 atom stereocenters. The zero-order valence-electron chi connectivity index (χ0n) is 26.4. The molecule has 0 bridgehead atoms. The van der Waals surface area contributed by atoms with Crippen LogP contribution < -0.4 is 14.7 Å². The highest BCUT2D eigenvalue weighted by Gasteiger charge is 2.51. The van der Waals surface area contributed by atoms with Crippen LogP contribution in [0.3, 0.4) is 0 Å². The van der Waals surface area contributed by atoms with Gasteiger partial charge in [0.2, 0.25) is 0 Å². The molecule has 5 nitrogen and oxygen atoms in total. The fourth-order valence-electron chi connectivity index (χ4n) is 4.24. The number of hydrogen-bond donors (Lipinski definition) is 0. The van der Waals surface area contributed by atoms with E-state index in [0.717, 1.165) is 11.7 Å². The quantitative estimate of drug-likeness (QED) is 0.164. The first-order valence-corrected chi connectivity index (χ1v) is 26.0. The van der Waals surface area contributed by atoms with Gasteiger partial charge in [0.25, 0.3) is 0 Å². The van der Waals surface area contributed by atoms with Crippen LogP contribution in [0.5, 0.6) is 0 Å². The minimum absolute atomic E-state index is 0.795. The average molecular weight is 610 g/mol. The van der Waals surface area contributed by atoms with E-state index in [4.69, 9.17) is 12.3 Å². The van der Waals surface area contributed by atoms with Crippen LogP contribution in [-0.4, -0.2) is 47.9 Å². The van der Waals surface area contributed by atoms with Gasteiger partial charge in [-0.1, -0.05) is 48.6 Å². The highest BCUT2D eigenvalue weighted by molar-refractivity contribution is 6.95. The van der Waals surface area contributed by atoms with E-state index in [1.54, 1.807) is 0 Å². The van der Waals surface area contributed by atoms with Gasteiger partial charge in [-0.05, 0) is 82.2 Å². The average Bonchev–Trinajstić information content (AvgIpc) is 2.81. The largest absolute Gasteiger partial charge is 0.505 e. The molecule has 40 heavy (non-hydrogen) atoms. The fraction of sp³-hybridized carbons (Fsp3) is 0.387. The lowest BCUT2D eigenvalue weighted by molar-refractivity contribution is -0.688. The predicted molar refractivity (Wildman–Crippen MR) is 181 cm³/mol. The zero-order chi connectivity index (χ0) is 29.8. The van der Waals surface area contributed by atoms with Crippen LogP contribution >= 0.6 is 0 Å². The molecule has 9 heteroatoms. The maximum absolute atomic E-state index is 6.90. The van der Waals surface area contributed by atoms with Crippen molar-refractivity contribution in [3.05, 3.63) is 89.7 Å². The molecule has 0 saturated heterocycles. The molecule has 0 spiro atoms. The highest BCUT2D eigenvalue weighted by Crippen LogP contribution is 2.26. The highest BCUT2D eigenvalue weighted by atomic mass is 28.5. The van der Waals surface area contributed by atoms with Gasteiger partial charge in [-0.25, -0.2) is 4.57 Å². The molecular weight excluding hydrogens is 561 g/mol. The Bertz CT molecular complexity index is 1220. The molecule has 216 valence electrons. The summed E-state index contributed by atoms with van der Waals surface area (Å²) >= 11 is 0. The number of benzene rings is 2. The van der Waals surface area contributed by atoms with Crippen molar-refractivity contribution in [1.82, 2.24) is 0 Å². The summed E-state index contributed by atoms with van der Waals surface area (Å²) in [6, 6.07) is 21.6. The molecule has 0 fully saturated rings. The van der Waals surface area contributed by atoms with Gasteiger partial charge < -0.3 is 17.2 Å². The Morgan fingerprint density at radius 1 is 0.600 bits per heavy atom. The normalized spacial score (nSPS) is 13.2. The first-order chi connectivity index (χ1) is 18.4. The molecule has 0 radical (unpaired) electrons. The van der Waals surface area contributed by atoms with Gasteiger partial charge in [0.15, 0.2) is 43.9 Å². The number of rotatable bonds is 12. The van der Waals surface area contributed by atoms with E-state index in [0.29, 0.717) is 0 Å². The Morgan fingerprint density at radius 3 is 1.43 bits per heavy atom. The van der Waals surface area contributed by atoms with Gasteiger partial charge in [0.1, 0.15) is 0 Å². The van der Waals surface area contributed by atoms with Crippen molar-refractivity contribution in [2.24, 2.45) is 0 Å². The number of pyridine rings is 1. The monoisotopic (exact) mass is 609 g/mol. The van der Waals surface area contributed by atoms with Crippen LogP contribution in [0.4, 0.5) is 5.69 Å². The first-order valence-electron chi connectivity index (χ1n) is 14.1. The SMILES string of the molecule is CN(C)c1ccc(/C=C/c2cc[n+](Cc3ccc([Si](O[Si](C)(C)C)(O[Si](C)(C)C)O[Si](C)(C)C)cc3)cc2)cc1. The first kappa shape index (κ1) is 32.4. The number of nitrogens with zero attached hydrogens (tertiary/aromatic N) is 2. The van der Waals surface area contributed by atoms with Crippen LogP contribution in [0, 0.1) is 0 Å². The van der Waals surface area contributed by atoms with Gasteiger partial charge in [-0.15, -0.1) is 0 Å². The Kier molecular flexibility index (Phi) is 10.4. The van der Waals surface area contributed by atoms with Crippen molar-refractivity contribution in [2.75, 3.05) is 19.0 Å². The fourth-order valence-corrected chi connectivity index (χ4v) is 17.5. The smallest absolute Gasteiger partial charge is 0.414 e. The second kappa shape index (κ2) is 12.8. The minimum atomic E-state index is -3.08. The lowest BCUT2D eigenvalue weighted by Gasteiger charge is -2.42. The number of hydrogen-bond acceptors (Lipinski definition) is 4. The Morgan fingerprint density at radius 2 is 1.02 bits per heavy atom. The van der Waals surface area contributed by atoms with Gasteiger partial charge >= 0.3 is 8.80 Å². The van der Waals surface area contributed by atoms with Crippen molar-refractivity contribution >= 4 is 56.8 Å². The molecule has 1 heterocycles. The molecule has 0 N–H and O–H groups in total. The molecule has 2 aromatic carbocycles. The van der Waals surface area contributed by atoms with E-state index in [-0.39, 0.29) is 0 Å². The summed E-state index contributed by atoms with van der Waals surface area (Å²) in [4.78, 5) is 2.11. The standard InChI is InChI=1S/C31H49N2O3Si4/c1-32(2)30-18-14-27(15-19-30)12-13-28-22-24-33(25-23-28)26-29-16-20-31(21-17-29)40(34-37(3,4)5,35-38(6,7)8)36-39(9,10)11/h12-25H,26H2,1-11H3/q+1. The van der Waals surface area contributed by atoms with E-state index < -0.39 is 33.8 Å². The second-order valence-corrected chi connectivity index (χ2v) is 30.3. The molecule has 0 saturated carbocycles. The van der Waals surface area contributed by atoms with E-state index in [1.165, 1.54) is 22.4 Å². The molecule has 0 aliphatic heterocycles. The van der Waals surface area contributed by atoms with Crippen molar-refractivity contribution in [3.8, 4) is 0 Å². The maximum atomic E-state index is 6.90. The molecule has 0 aliphatic carbocycles. The third kappa shape index (κ3) is 10.4. The molecule has 1 aromatic heterocycles. The topological polar surface area (TPSA) is 34.8 Å². The van der Waals surface area contributed by atoms with Crippen molar-refractivity contribution in [2.45, 2.75) is 65.5 Å². The summed E-state index contributed by atoms with van der Waals surface area (Å²) in [5, 5.41) is 1.08. The molecule has 3 aromatic rings. The number of aromatic nitrogens is 1. The third-order valence-corrected chi connectivity index (χ3v) is 17.4. The predicted octanol–water partition coefficient (Wildman–Crippen LogP) is 6.96. The third-order valence-electron chi connectivity index (χ3n) is 5.79. The maximum Gasteiger partial charge on any atom is 0.505 e. The second-order valence-electron chi connectivity index (χ2n) is 13.5. The van der Waals surface area contributed by atoms with Crippen LogP contribution in [-0.2, 0) is 18.9 Å².